The number of likely N-dealkylation sites (tertiary alicyclic amines) is 2. The quantitative estimate of drug-likeness (QED) is 0.838. The van der Waals surface area contributed by atoms with Crippen LogP contribution in [0.3, 0.4) is 0 Å². The Balaban J connectivity index is 1.26. The first-order valence-corrected chi connectivity index (χ1v) is 9.61. The molecule has 128 valence electrons. The fourth-order valence-corrected chi connectivity index (χ4v) is 4.21. The zero-order chi connectivity index (χ0) is 15.5. The van der Waals surface area contributed by atoms with Gasteiger partial charge in [0.15, 0.2) is 0 Å². The first-order chi connectivity index (χ1) is 11.4. The normalized spacial score (nSPS) is 25.9. The van der Waals surface area contributed by atoms with Crippen molar-refractivity contribution in [3.8, 4) is 0 Å². The Morgan fingerprint density at radius 2 is 1.87 bits per heavy atom. The molecule has 2 saturated heterocycles. The smallest absolute Gasteiger partial charge is 0.122 e. The van der Waals surface area contributed by atoms with Crippen LogP contribution in [0.5, 0.6) is 0 Å². The molecule has 3 heterocycles. The molecule has 3 aliphatic rings. The van der Waals surface area contributed by atoms with Crippen molar-refractivity contribution < 1.29 is 4.42 Å². The average Bonchev–Trinajstić information content (AvgIpc) is 3.06. The van der Waals surface area contributed by atoms with Gasteiger partial charge in [-0.15, -0.1) is 0 Å². The lowest BCUT2D eigenvalue weighted by Crippen LogP contribution is -2.45. The summed E-state index contributed by atoms with van der Waals surface area (Å²) in [6.07, 6.45) is 10.0. The molecule has 0 amide bonds. The fraction of sp³-hybridized carbons (Fsp3) is 0.789. The van der Waals surface area contributed by atoms with Gasteiger partial charge in [-0.2, -0.15) is 0 Å². The lowest BCUT2D eigenvalue weighted by Gasteiger charge is -2.34. The molecule has 1 saturated carbocycles. The lowest BCUT2D eigenvalue weighted by molar-refractivity contribution is 0.169. The Bertz CT molecular complexity index is 457. The average molecular weight is 317 g/mol. The van der Waals surface area contributed by atoms with Crippen LogP contribution in [0.25, 0.3) is 0 Å². The molecule has 0 bridgehead atoms. The molecule has 1 atom stereocenters. The third-order valence-corrected chi connectivity index (χ3v) is 5.85. The summed E-state index contributed by atoms with van der Waals surface area (Å²) in [6.45, 7) is 7.38. The van der Waals surface area contributed by atoms with Gasteiger partial charge in [-0.1, -0.05) is 0 Å². The van der Waals surface area contributed by atoms with Gasteiger partial charge in [0.25, 0.3) is 0 Å². The largest absolute Gasteiger partial charge is 0.468 e. The number of furan rings is 1. The molecule has 4 heteroatoms. The molecule has 2 aliphatic heterocycles. The highest BCUT2D eigenvalue weighted by Gasteiger charge is 2.29. The van der Waals surface area contributed by atoms with Crippen LogP contribution in [0.1, 0.15) is 50.3 Å². The zero-order valence-electron chi connectivity index (χ0n) is 14.3. The molecule has 23 heavy (non-hydrogen) atoms. The predicted octanol–water partition coefficient (Wildman–Crippen LogP) is 2.88. The molecule has 1 aromatic rings. The van der Waals surface area contributed by atoms with Crippen LogP contribution in [0.15, 0.2) is 22.8 Å². The van der Waals surface area contributed by atoms with Crippen molar-refractivity contribution in [1.82, 2.24) is 15.1 Å². The minimum atomic E-state index is 0.414. The Morgan fingerprint density at radius 3 is 2.52 bits per heavy atom. The number of nitrogens with one attached hydrogen (secondary N) is 1. The van der Waals surface area contributed by atoms with Crippen LogP contribution in [0.4, 0.5) is 0 Å². The van der Waals surface area contributed by atoms with Crippen LogP contribution >= 0.6 is 0 Å². The highest BCUT2D eigenvalue weighted by atomic mass is 16.3. The number of hydrogen-bond acceptors (Lipinski definition) is 4. The Hall–Kier alpha value is -0.840. The second-order valence-corrected chi connectivity index (χ2v) is 7.70. The van der Waals surface area contributed by atoms with Gasteiger partial charge in [-0.25, -0.2) is 0 Å². The summed E-state index contributed by atoms with van der Waals surface area (Å²) >= 11 is 0. The molecule has 0 spiro atoms. The van der Waals surface area contributed by atoms with Gasteiger partial charge >= 0.3 is 0 Å². The number of nitrogens with zero attached hydrogens (tertiary/aromatic N) is 2. The highest BCUT2D eigenvalue weighted by Crippen LogP contribution is 2.30. The molecule has 0 radical (unpaired) electrons. The molecular formula is C19H31N3O. The monoisotopic (exact) mass is 317 g/mol. The second-order valence-electron chi connectivity index (χ2n) is 7.70. The fourth-order valence-electron chi connectivity index (χ4n) is 4.21. The van der Waals surface area contributed by atoms with Crippen LogP contribution in [0.2, 0.25) is 0 Å². The van der Waals surface area contributed by atoms with E-state index in [-0.39, 0.29) is 0 Å². The van der Waals surface area contributed by atoms with Gasteiger partial charge in [-0.05, 0) is 82.8 Å². The van der Waals surface area contributed by atoms with Gasteiger partial charge < -0.3 is 14.6 Å². The van der Waals surface area contributed by atoms with Crippen molar-refractivity contribution >= 4 is 0 Å². The molecule has 0 unspecified atom stereocenters. The summed E-state index contributed by atoms with van der Waals surface area (Å²) in [5.74, 6) is 2.16. The summed E-state index contributed by atoms with van der Waals surface area (Å²) < 4.78 is 5.73. The topological polar surface area (TPSA) is 31.7 Å². The van der Waals surface area contributed by atoms with Crippen LogP contribution < -0.4 is 5.32 Å². The second kappa shape index (κ2) is 7.37. The summed E-state index contributed by atoms with van der Waals surface area (Å²) in [5, 5.41) is 3.85. The minimum absolute atomic E-state index is 0.414. The van der Waals surface area contributed by atoms with Crippen molar-refractivity contribution in [2.24, 2.45) is 5.92 Å². The molecule has 4 rings (SSSR count). The Kier molecular flexibility index (Phi) is 5.02. The number of piperidine rings is 1. The third-order valence-electron chi connectivity index (χ3n) is 5.85. The van der Waals surface area contributed by atoms with Crippen molar-refractivity contribution in [3.05, 3.63) is 24.2 Å². The van der Waals surface area contributed by atoms with Gasteiger partial charge in [0.2, 0.25) is 0 Å². The molecule has 3 fully saturated rings. The Labute approximate surface area is 140 Å². The molecule has 0 aromatic carbocycles. The van der Waals surface area contributed by atoms with E-state index in [2.05, 4.69) is 21.2 Å². The third kappa shape index (κ3) is 4.17. The first kappa shape index (κ1) is 15.7. The Morgan fingerprint density at radius 1 is 1.09 bits per heavy atom. The lowest BCUT2D eigenvalue weighted by atomic mass is 10.0. The van der Waals surface area contributed by atoms with E-state index in [9.17, 15) is 0 Å². The van der Waals surface area contributed by atoms with E-state index in [0.717, 1.165) is 18.2 Å². The molecule has 1 N–H and O–H groups in total. The van der Waals surface area contributed by atoms with E-state index in [1.165, 1.54) is 71.2 Å². The highest BCUT2D eigenvalue weighted by molar-refractivity contribution is 5.06. The van der Waals surface area contributed by atoms with E-state index < -0.39 is 0 Å². The number of rotatable bonds is 7. The van der Waals surface area contributed by atoms with Gasteiger partial charge in [-0.3, -0.25) is 4.90 Å². The summed E-state index contributed by atoms with van der Waals surface area (Å²) in [4.78, 5) is 5.27. The van der Waals surface area contributed by atoms with Gasteiger partial charge in [0, 0.05) is 19.1 Å². The van der Waals surface area contributed by atoms with Crippen molar-refractivity contribution in [1.29, 1.82) is 0 Å². The van der Waals surface area contributed by atoms with Gasteiger partial charge in [0.05, 0.1) is 12.3 Å². The molecular weight excluding hydrogens is 286 g/mol. The van der Waals surface area contributed by atoms with Crippen LogP contribution in [-0.2, 0) is 0 Å². The molecule has 1 aliphatic carbocycles. The van der Waals surface area contributed by atoms with E-state index >= 15 is 0 Å². The van der Waals surface area contributed by atoms with Crippen LogP contribution in [0, 0.1) is 5.92 Å². The van der Waals surface area contributed by atoms with Crippen molar-refractivity contribution in [3.63, 3.8) is 0 Å². The van der Waals surface area contributed by atoms with Crippen molar-refractivity contribution in [2.75, 3.05) is 39.3 Å². The number of hydrogen-bond donors (Lipinski definition) is 1. The van der Waals surface area contributed by atoms with Crippen molar-refractivity contribution in [2.45, 2.75) is 50.6 Å². The minimum Gasteiger partial charge on any atom is -0.468 e. The van der Waals surface area contributed by atoms with E-state index in [0.29, 0.717) is 12.1 Å². The molecule has 1 aromatic heterocycles. The summed E-state index contributed by atoms with van der Waals surface area (Å²) in [6, 6.07) is 5.26. The summed E-state index contributed by atoms with van der Waals surface area (Å²) in [7, 11) is 0. The van der Waals surface area contributed by atoms with Crippen LogP contribution in [-0.4, -0.2) is 55.1 Å². The molecule has 4 nitrogen and oxygen atoms in total. The SMILES string of the molecule is c1coc([C@@H](CNC2CCN(CC3CC3)CC2)N2CCCC2)c1. The van der Waals surface area contributed by atoms with E-state index in [1.807, 2.05) is 12.3 Å². The maximum absolute atomic E-state index is 5.73. The standard InChI is InChI=1S/C19H31N3O/c1-2-10-22(9-1)18(19-4-3-13-23-19)14-20-17-7-11-21(12-8-17)15-16-5-6-16/h3-4,13,16-18,20H,1-2,5-12,14-15H2/t18-/m1/s1. The maximum atomic E-state index is 5.73. The predicted molar refractivity (Wildman–Crippen MR) is 92.4 cm³/mol. The zero-order valence-corrected chi connectivity index (χ0v) is 14.3. The van der Waals surface area contributed by atoms with E-state index in [4.69, 9.17) is 4.42 Å². The van der Waals surface area contributed by atoms with E-state index in [1.54, 1.807) is 0 Å². The first-order valence-electron chi connectivity index (χ1n) is 9.61. The summed E-state index contributed by atoms with van der Waals surface area (Å²) in [5.41, 5.74) is 0. The maximum Gasteiger partial charge on any atom is 0.122 e. The van der Waals surface area contributed by atoms with Gasteiger partial charge in [0.1, 0.15) is 5.76 Å².